The Kier molecular flexibility index (Phi) is 6.29. The van der Waals surface area contributed by atoms with Crippen molar-refractivity contribution in [1.82, 2.24) is 0 Å². The van der Waals surface area contributed by atoms with Gasteiger partial charge in [0.2, 0.25) is 0 Å². The third-order valence-electron chi connectivity index (χ3n) is 7.98. The number of hydrogen-bond donors (Lipinski definition) is 0. The second-order valence-electron chi connectivity index (χ2n) is 9.83. The van der Waals surface area contributed by atoms with E-state index < -0.39 is 23.7 Å². The molecule has 0 heterocycles. The fourth-order valence-corrected chi connectivity index (χ4v) is 5.88. The standard InChI is InChI=1S/C22H36F4/c1-15-3-7-17(8-4-15)18-9-13-20(14-10-18)22(25,26)21(23,24)19-11-5-16(2)6-12-19/h15-20H,3-14H2,1-2H3. The van der Waals surface area contributed by atoms with Gasteiger partial charge >= 0.3 is 11.8 Å². The van der Waals surface area contributed by atoms with E-state index in [-0.39, 0.29) is 25.7 Å². The first-order valence-corrected chi connectivity index (χ1v) is 11.0. The molecule has 3 aliphatic rings. The summed E-state index contributed by atoms with van der Waals surface area (Å²) in [5.74, 6) is -7.65. The topological polar surface area (TPSA) is 0 Å². The largest absolute Gasteiger partial charge is 0.313 e. The Hall–Kier alpha value is -0.280. The molecular weight excluding hydrogens is 340 g/mol. The van der Waals surface area contributed by atoms with Gasteiger partial charge < -0.3 is 0 Å². The van der Waals surface area contributed by atoms with Crippen LogP contribution in [0, 0.1) is 35.5 Å². The minimum atomic E-state index is -3.84. The van der Waals surface area contributed by atoms with Crippen molar-refractivity contribution in [2.24, 2.45) is 35.5 Å². The lowest BCUT2D eigenvalue weighted by Gasteiger charge is -2.43. The quantitative estimate of drug-likeness (QED) is 0.441. The minimum absolute atomic E-state index is 0.249. The normalized spacial score (nSPS) is 40.4. The van der Waals surface area contributed by atoms with Crippen LogP contribution in [0.1, 0.15) is 90.9 Å². The highest BCUT2D eigenvalue weighted by atomic mass is 19.3. The molecule has 3 aliphatic carbocycles. The van der Waals surface area contributed by atoms with E-state index in [1.165, 1.54) is 25.7 Å². The molecule has 4 heteroatoms. The molecule has 3 saturated carbocycles. The molecule has 0 aromatic carbocycles. The molecule has 0 saturated heterocycles. The van der Waals surface area contributed by atoms with Crippen LogP contribution < -0.4 is 0 Å². The Bertz CT molecular complexity index is 437. The fraction of sp³-hybridized carbons (Fsp3) is 1.00. The zero-order valence-corrected chi connectivity index (χ0v) is 16.5. The van der Waals surface area contributed by atoms with Gasteiger partial charge in [-0.25, -0.2) is 0 Å². The Balaban J connectivity index is 1.56. The molecule has 0 nitrogen and oxygen atoms in total. The van der Waals surface area contributed by atoms with Crippen LogP contribution in [0.2, 0.25) is 0 Å². The van der Waals surface area contributed by atoms with Gasteiger partial charge in [0.25, 0.3) is 0 Å². The summed E-state index contributed by atoms with van der Waals surface area (Å²) < 4.78 is 59.2. The van der Waals surface area contributed by atoms with Crippen molar-refractivity contribution in [2.45, 2.75) is 103 Å². The van der Waals surface area contributed by atoms with Crippen LogP contribution in [-0.2, 0) is 0 Å². The molecule has 0 bridgehead atoms. The first-order chi connectivity index (χ1) is 12.2. The molecule has 0 N–H and O–H groups in total. The van der Waals surface area contributed by atoms with Crippen molar-refractivity contribution < 1.29 is 17.6 Å². The Morgan fingerprint density at radius 3 is 1.12 bits per heavy atom. The average molecular weight is 377 g/mol. The molecule has 0 aromatic rings. The molecule has 0 unspecified atom stereocenters. The maximum Gasteiger partial charge on any atom is 0.313 e. The van der Waals surface area contributed by atoms with Gasteiger partial charge in [-0.2, -0.15) is 17.6 Å². The van der Waals surface area contributed by atoms with E-state index in [1.807, 2.05) is 6.92 Å². The fourth-order valence-electron chi connectivity index (χ4n) is 5.88. The lowest BCUT2D eigenvalue weighted by atomic mass is 9.67. The zero-order chi connectivity index (χ0) is 18.9. The lowest BCUT2D eigenvalue weighted by Crippen LogP contribution is -2.52. The minimum Gasteiger partial charge on any atom is -0.200 e. The molecule has 0 radical (unpaired) electrons. The first kappa shape index (κ1) is 20.5. The number of rotatable bonds is 4. The summed E-state index contributed by atoms with van der Waals surface area (Å²) in [4.78, 5) is 0. The maximum atomic E-state index is 14.8. The van der Waals surface area contributed by atoms with Gasteiger partial charge in [-0.15, -0.1) is 0 Å². The third kappa shape index (κ3) is 4.09. The van der Waals surface area contributed by atoms with Gasteiger partial charge in [0.1, 0.15) is 0 Å². The van der Waals surface area contributed by atoms with Crippen LogP contribution in [0.15, 0.2) is 0 Å². The SMILES string of the molecule is CC1CCC(C2CCC(C(F)(F)C(F)(F)C3CCC(C)CC3)CC2)CC1. The maximum absolute atomic E-state index is 14.8. The highest BCUT2D eigenvalue weighted by Gasteiger charge is 2.64. The summed E-state index contributed by atoms with van der Waals surface area (Å²) in [6.45, 7) is 4.31. The molecule has 0 spiro atoms. The summed E-state index contributed by atoms with van der Waals surface area (Å²) >= 11 is 0. The third-order valence-corrected chi connectivity index (χ3v) is 7.98. The van der Waals surface area contributed by atoms with Crippen LogP contribution in [0.3, 0.4) is 0 Å². The van der Waals surface area contributed by atoms with Crippen LogP contribution in [0.5, 0.6) is 0 Å². The number of halogens is 4. The van der Waals surface area contributed by atoms with Crippen LogP contribution in [0.25, 0.3) is 0 Å². The molecule has 0 aromatic heterocycles. The lowest BCUT2D eigenvalue weighted by molar-refractivity contribution is -0.270. The summed E-state index contributed by atoms with van der Waals surface area (Å²) in [6, 6.07) is 0. The van der Waals surface area contributed by atoms with E-state index >= 15 is 0 Å². The van der Waals surface area contributed by atoms with E-state index in [0.717, 1.165) is 18.8 Å². The summed E-state index contributed by atoms with van der Waals surface area (Å²) in [5, 5.41) is 0. The van der Waals surface area contributed by atoms with Crippen molar-refractivity contribution in [3.63, 3.8) is 0 Å². The average Bonchev–Trinajstić information content (AvgIpc) is 2.63. The summed E-state index contributed by atoms with van der Waals surface area (Å²) in [7, 11) is 0. The molecule has 152 valence electrons. The smallest absolute Gasteiger partial charge is 0.200 e. The predicted octanol–water partition coefficient (Wildman–Crippen LogP) is 7.72. The van der Waals surface area contributed by atoms with E-state index in [0.29, 0.717) is 30.6 Å². The molecule has 3 fully saturated rings. The van der Waals surface area contributed by atoms with Gasteiger partial charge in [-0.3, -0.25) is 0 Å². The van der Waals surface area contributed by atoms with Crippen LogP contribution >= 0.6 is 0 Å². The molecule has 0 amide bonds. The molecule has 0 aliphatic heterocycles. The zero-order valence-electron chi connectivity index (χ0n) is 16.5. The summed E-state index contributed by atoms with van der Waals surface area (Å²) in [5.41, 5.74) is 0. The van der Waals surface area contributed by atoms with Gasteiger partial charge in [0.15, 0.2) is 0 Å². The molecule has 3 rings (SSSR count). The van der Waals surface area contributed by atoms with E-state index in [9.17, 15) is 17.6 Å². The van der Waals surface area contributed by atoms with Crippen molar-refractivity contribution in [2.75, 3.05) is 0 Å². The number of hydrogen-bond acceptors (Lipinski definition) is 0. The molecule has 26 heavy (non-hydrogen) atoms. The second-order valence-corrected chi connectivity index (χ2v) is 9.83. The Morgan fingerprint density at radius 1 is 0.462 bits per heavy atom. The van der Waals surface area contributed by atoms with Gasteiger partial charge in [0.05, 0.1) is 0 Å². The van der Waals surface area contributed by atoms with Crippen molar-refractivity contribution in [3.05, 3.63) is 0 Å². The predicted molar refractivity (Wildman–Crippen MR) is 97.6 cm³/mol. The van der Waals surface area contributed by atoms with E-state index in [1.54, 1.807) is 0 Å². The first-order valence-electron chi connectivity index (χ1n) is 11.0. The van der Waals surface area contributed by atoms with Crippen LogP contribution in [0.4, 0.5) is 17.6 Å². The highest BCUT2D eigenvalue weighted by molar-refractivity contribution is 4.98. The van der Waals surface area contributed by atoms with Gasteiger partial charge in [-0.1, -0.05) is 39.5 Å². The van der Waals surface area contributed by atoms with E-state index in [2.05, 4.69) is 6.92 Å². The van der Waals surface area contributed by atoms with Crippen molar-refractivity contribution >= 4 is 0 Å². The van der Waals surface area contributed by atoms with Gasteiger partial charge in [-0.05, 0) is 75.0 Å². The van der Waals surface area contributed by atoms with Crippen molar-refractivity contribution in [1.29, 1.82) is 0 Å². The van der Waals surface area contributed by atoms with Gasteiger partial charge in [0, 0.05) is 11.8 Å². The van der Waals surface area contributed by atoms with E-state index in [4.69, 9.17) is 0 Å². The number of alkyl halides is 4. The second kappa shape index (κ2) is 7.99. The molecular formula is C22H36F4. The van der Waals surface area contributed by atoms with Crippen LogP contribution in [-0.4, -0.2) is 11.8 Å². The Morgan fingerprint density at radius 2 is 0.731 bits per heavy atom. The van der Waals surface area contributed by atoms with Crippen molar-refractivity contribution in [3.8, 4) is 0 Å². The highest BCUT2D eigenvalue weighted by Crippen LogP contribution is 2.54. The molecule has 0 atom stereocenters. The monoisotopic (exact) mass is 376 g/mol. The summed E-state index contributed by atoms with van der Waals surface area (Å²) in [6.07, 6.45) is 8.68. The Labute approximate surface area is 156 Å².